The number of nitrogens with zero attached hydrogens (tertiary/aromatic N) is 6. The maximum atomic E-state index is 11.0. The Morgan fingerprint density at radius 3 is 1.47 bits per heavy atom. The largest absolute Gasteiger partial charge is 0.293 e. The Kier molecular flexibility index (Phi) is 6.80. The highest BCUT2D eigenvalue weighted by Gasteiger charge is 2.15. The highest BCUT2D eigenvalue weighted by Crippen LogP contribution is 2.25. The summed E-state index contributed by atoms with van der Waals surface area (Å²) >= 11 is 11.6. The molecule has 156 valence electrons. The lowest BCUT2D eigenvalue weighted by Gasteiger charge is -2.31. The predicted octanol–water partition coefficient (Wildman–Crippen LogP) is 3.80. The first-order valence-corrected chi connectivity index (χ1v) is 9.55. The summed E-state index contributed by atoms with van der Waals surface area (Å²) in [6, 6.07) is 8.99. The molecule has 1 aliphatic rings. The second kappa shape index (κ2) is 9.51. The first kappa shape index (κ1) is 21.5. The minimum atomic E-state index is -0.536. The van der Waals surface area contributed by atoms with Crippen molar-refractivity contribution < 1.29 is 9.85 Å². The van der Waals surface area contributed by atoms with Crippen molar-refractivity contribution in [1.29, 1.82) is 0 Å². The van der Waals surface area contributed by atoms with Crippen molar-refractivity contribution in [2.24, 2.45) is 10.2 Å². The average Bonchev–Trinajstić information content (AvgIpc) is 2.73. The third-order valence-corrected chi connectivity index (χ3v) is 4.95. The molecule has 0 spiro atoms. The van der Waals surface area contributed by atoms with E-state index in [2.05, 4.69) is 10.2 Å². The topological polar surface area (TPSA) is 117 Å². The van der Waals surface area contributed by atoms with Crippen LogP contribution in [0.5, 0.6) is 0 Å². The molecule has 0 bridgehead atoms. The van der Waals surface area contributed by atoms with Crippen LogP contribution in [-0.2, 0) is 0 Å². The van der Waals surface area contributed by atoms with E-state index in [4.69, 9.17) is 23.2 Å². The molecular formula is C18H16Cl2N6O4. The lowest BCUT2D eigenvalue weighted by Crippen LogP contribution is -2.41. The summed E-state index contributed by atoms with van der Waals surface area (Å²) in [6.07, 6.45) is 3.10. The van der Waals surface area contributed by atoms with Gasteiger partial charge in [-0.2, -0.15) is 10.2 Å². The fraction of sp³-hybridized carbons (Fsp3) is 0.222. The molecule has 10 nitrogen and oxygen atoms in total. The SMILES string of the molecule is O=[N+]([O-])c1cc(/C=N/N2CCN(/N=C/c3ccc(Cl)c([N+](=O)[O-])c3)CC2)ccc1Cl. The molecule has 1 saturated heterocycles. The normalized spacial score (nSPS) is 14.6. The standard InChI is InChI=1S/C18H16Cl2N6O4/c19-15-3-1-13(9-17(15)25(27)28)11-21-23-5-7-24(8-6-23)22-12-14-2-4-16(20)18(10-14)26(29)30/h1-4,9-12H,5-8H2/b21-11+,22-12+. The number of halogens is 2. The molecular weight excluding hydrogens is 435 g/mol. The number of nitro groups is 2. The molecule has 0 amide bonds. The van der Waals surface area contributed by atoms with Crippen molar-refractivity contribution in [3.8, 4) is 0 Å². The van der Waals surface area contributed by atoms with Crippen molar-refractivity contribution in [1.82, 2.24) is 10.0 Å². The molecule has 0 aliphatic carbocycles. The second-order valence-corrected chi connectivity index (χ2v) is 7.15. The number of piperazine rings is 1. The molecule has 2 aromatic carbocycles. The predicted molar refractivity (Wildman–Crippen MR) is 115 cm³/mol. The first-order chi connectivity index (χ1) is 14.3. The lowest BCUT2D eigenvalue weighted by molar-refractivity contribution is -0.384. The second-order valence-electron chi connectivity index (χ2n) is 6.33. The summed E-state index contributed by atoms with van der Waals surface area (Å²) < 4.78 is 0. The van der Waals surface area contributed by atoms with Crippen LogP contribution >= 0.6 is 23.2 Å². The Labute approximate surface area is 181 Å². The molecule has 0 aromatic heterocycles. The van der Waals surface area contributed by atoms with Gasteiger partial charge in [-0.3, -0.25) is 30.2 Å². The van der Waals surface area contributed by atoms with E-state index in [1.807, 2.05) is 10.0 Å². The molecule has 12 heteroatoms. The molecule has 0 radical (unpaired) electrons. The van der Waals surface area contributed by atoms with Crippen LogP contribution in [0.4, 0.5) is 11.4 Å². The molecule has 0 N–H and O–H groups in total. The Hall–Kier alpha value is -3.24. The van der Waals surface area contributed by atoms with E-state index in [9.17, 15) is 20.2 Å². The Bertz CT molecular complexity index is 940. The van der Waals surface area contributed by atoms with Gasteiger partial charge in [0.25, 0.3) is 11.4 Å². The van der Waals surface area contributed by atoms with Gasteiger partial charge in [-0.15, -0.1) is 0 Å². The molecule has 0 saturated carbocycles. The number of rotatable bonds is 6. The lowest BCUT2D eigenvalue weighted by atomic mass is 10.2. The van der Waals surface area contributed by atoms with Crippen molar-refractivity contribution in [2.75, 3.05) is 26.2 Å². The Morgan fingerprint density at radius 1 is 0.767 bits per heavy atom. The van der Waals surface area contributed by atoms with Crippen LogP contribution in [0.2, 0.25) is 10.0 Å². The van der Waals surface area contributed by atoms with Crippen LogP contribution in [0.3, 0.4) is 0 Å². The van der Waals surface area contributed by atoms with Gasteiger partial charge in [0, 0.05) is 23.3 Å². The number of hydrazone groups is 2. The summed E-state index contributed by atoms with van der Waals surface area (Å²) in [7, 11) is 0. The van der Waals surface area contributed by atoms with Crippen molar-refractivity contribution >= 4 is 47.0 Å². The zero-order valence-corrected chi connectivity index (χ0v) is 17.0. The van der Waals surface area contributed by atoms with Crippen LogP contribution < -0.4 is 0 Å². The summed E-state index contributed by atoms with van der Waals surface area (Å²) in [5.41, 5.74) is 0.830. The van der Waals surface area contributed by atoms with Crippen molar-refractivity contribution in [3.63, 3.8) is 0 Å². The Balaban J connectivity index is 1.56. The summed E-state index contributed by atoms with van der Waals surface area (Å²) in [5.74, 6) is 0. The van der Waals surface area contributed by atoms with Gasteiger partial charge >= 0.3 is 0 Å². The van der Waals surface area contributed by atoms with E-state index in [1.165, 1.54) is 24.3 Å². The third kappa shape index (κ3) is 5.43. The molecule has 0 unspecified atom stereocenters. The molecule has 3 rings (SSSR count). The van der Waals surface area contributed by atoms with Gasteiger partial charge in [-0.05, 0) is 12.1 Å². The van der Waals surface area contributed by atoms with E-state index in [0.717, 1.165) is 0 Å². The van der Waals surface area contributed by atoms with E-state index in [1.54, 1.807) is 24.6 Å². The fourth-order valence-electron chi connectivity index (χ4n) is 2.71. The summed E-state index contributed by atoms with van der Waals surface area (Å²) in [6.45, 7) is 2.41. The number of hydrogen-bond donors (Lipinski definition) is 0. The molecule has 0 atom stereocenters. The molecule has 1 fully saturated rings. The zero-order valence-electron chi connectivity index (χ0n) is 15.5. The number of hydrogen-bond acceptors (Lipinski definition) is 8. The zero-order chi connectivity index (χ0) is 21.7. The van der Waals surface area contributed by atoms with E-state index < -0.39 is 9.85 Å². The molecule has 30 heavy (non-hydrogen) atoms. The third-order valence-electron chi connectivity index (χ3n) is 4.31. The van der Waals surface area contributed by atoms with Crippen LogP contribution in [-0.4, -0.2) is 58.5 Å². The summed E-state index contributed by atoms with van der Waals surface area (Å²) in [4.78, 5) is 20.8. The highest BCUT2D eigenvalue weighted by atomic mass is 35.5. The van der Waals surface area contributed by atoms with E-state index in [-0.39, 0.29) is 21.4 Å². The monoisotopic (exact) mass is 450 g/mol. The van der Waals surface area contributed by atoms with Gasteiger partial charge in [0.1, 0.15) is 10.0 Å². The molecule has 2 aromatic rings. The van der Waals surface area contributed by atoms with E-state index >= 15 is 0 Å². The minimum absolute atomic E-state index is 0.0784. The summed E-state index contributed by atoms with van der Waals surface area (Å²) in [5, 5.41) is 34.4. The maximum Gasteiger partial charge on any atom is 0.288 e. The highest BCUT2D eigenvalue weighted by molar-refractivity contribution is 6.33. The van der Waals surface area contributed by atoms with Crippen molar-refractivity contribution in [3.05, 3.63) is 77.8 Å². The van der Waals surface area contributed by atoms with Gasteiger partial charge in [-0.25, -0.2) is 0 Å². The van der Waals surface area contributed by atoms with Gasteiger partial charge < -0.3 is 0 Å². The first-order valence-electron chi connectivity index (χ1n) is 8.79. The Morgan fingerprint density at radius 2 is 1.13 bits per heavy atom. The number of benzene rings is 2. The van der Waals surface area contributed by atoms with Crippen LogP contribution in [0.25, 0.3) is 0 Å². The maximum absolute atomic E-state index is 11.0. The van der Waals surface area contributed by atoms with Crippen LogP contribution in [0.15, 0.2) is 46.6 Å². The molecule has 1 aliphatic heterocycles. The van der Waals surface area contributed by atoms with Gasteiger partial charge in [0.2, 0.25) is 0 Å². The average molecular weight is 451 g/mol. The van der Waals surface area contributed by atoms with Crippen molar-refractivity contribution in [2.45, 2.75) is 0 Å². The smallest absolute Gasteiger partial charge is 0.288 e. The van der Waals surface area contributed by atoms with Gasteiger partial charge in [-0.1, -0.05) is 35.3 Å². The quantitative estimate of drug-likeness (QED) is 0.375. The van der Waals surface area contributed by atoms with Crippen LogP contribution in [0.1, 0.15) is 11.1 Å². The van der Waals surface area contributed by atoms with Gasteiger partial charge in [0.05, 0.1) is 48.5 Å². The number of nitro benzene ring substituents is 2. The van der Waals surface area contributed by atoms with Gasteiger partial charge in [0.15, 0.2) is 0 Å². The minimum Gasteiger partial charge on any atom is -0.293 e. The molecule has 1 heterocycles. The fourth-order valence-corrected chi connectivity index (χ4v) is 3.09. The van der Waals surface area contributed by atoms with E-state index in [0.29, 0.717) is 37.3 Å². The van der Waals surface area contributed by atoms with Crippen LogP contribution in [0, 0.1) is 20.2 Å².